The van der Waals surface area contributed by atoms with E-state index in [1.54, 1.807) is 17.0 Å². The molecule has 1 amide bonds. The van der Waals surface area contributed by atoms with Gasteiger partial charge in [-0.25, -0.2) is 33.1 Å². The molecule has 4 aromatic rings. The van der Waals surface area contributed by atoms with E-state index < -0.39 is 17.3 Å². The van der Waals surface area contributed by atoms with Crippen molar-refractivity contribution < 1.29 is 13.6 Å². The Balaban J connectivity index is 1.66. The first-order chi connectivity index (χ1) is 20.3. The number of hydrogen-bond acceptors (Lipinski definition) is 9. The summed E-state index contributed by atoms with van der Waals surface area (Å²) in [6.07, 6.45) is 2.72. The zero-order chi connectivity index (χ0) is 29.5. The second-order valence-electron chi connectivity index (χ2n) is 10.3. The number of carbonyl (C=O) groups is 1. The van der Waals surface area contributed by atoms with Crippen molar-refractivity contribution in [1.82, 2.24) is 29.4 Å². The summed E-state index contributed by atoms with van der Waals surface area (Å²) in [4.78, 5) is 47.7. The molecule has 42 heavy (non-hydrogen) atoms. The molecule has 3 aromatic heterocycles. The molecule has 2 bridgehead atoms. The minimum atomic E-state index is -0.760. The van der Waals surface area contributed by atoms with Crippen LogP contribution in [0, 0.1) is 11.6 Å². The first-order valence-corrected chi connectivity index (χ1v) is 14.6. The van der Waals surface area contributed by atoms with Crippen LogP contribution in [-0.4, -0.2) is 73.8 Å². The normalized spacial score (nSPS) is 15.1. The highest BCUT2D eigenvalue weighted by Crippen LogP contribution is 2.37. The molecule has 0 aliphatic carbocycles. The van der Waals surface area contributed by atoms with Crippen LogP contribution in [0.25, 0.3) is 28.0 Å². The molecule has 10 nitrogen and oxygen atoms in total. The van der Waals surface area contributed by atoms with Crippen molar-refractivity contribution in [2.75, 3.05) is 48.7 Å². The van der Waals surface area contributed by atoms with Crippen molar-refractivity contribution in [3.8, 4) is 16.9 Å². The van der Waals surface area contributed by atoms with E-state index in [9.17, 15) is 9.59 Å². The van der Waals surface area contributed by atoms with Gasteiger partial charge in [0.05, 0.1) is 16.6 Å². The lowest BCUT2D eigenvalue weighted by atomic mass is 10.1. The van der Waals surface area contributed by atoms with E-state index in [4.69, 9.17) is 0 Å². The summed E-state index contributed by atoms with van der Waals surface area (Å²) < 4.78 is 32.7. The fraction of sp³-hybridized carbons (Fsp3) is 0.310. The van der Waals surface area contributed by atoms with E-state index in [0.717, 1.165) is 0 Å². The Hall–Kier alpha value is -4.39. The Morgan fingerprint density at radius 1 is 1.12 bits per heavy atom. The number of halogens is 2. The summed E-state index contributed by atoms with van der Waals surface area (Å²) in [6, 6.07) is 5.72. The third-order valence-electron chi connectivity index (χ3n) is 7.36. The van der Waals surface area contributed by atoms with E-state index in [2.05, 4.69) is 31.8 Å². The largest absolute Gasteiger partial charge is 0.384 e. The molecule has 1 N–H and O–H groups in total. The third kappa shape index (κ3) is 4.77. The topological polar surface area (TPSA) is 109 Å². The highest BCUT2D eigenvalue weighted by Gasteiger charge is 2.29. The molecular weight excluding hydrogens is 562 g/mol. The van der Waals surface area contributed by atoms with E-state index in [-0.39, 0.29) is 39.9 Å². The molecule has 2 aliphatic rings. The molecule has 2 aliphatic heterocycles. The van der Waals surface area contributed by atoms with Crippen LogP contribution < -0.4 is 15.9 Å². The molecule has 1 saturated heterocycles. The molecule has 1 aromatic carbocycles. The standard InChI is InChI=1S/C29H28F2N8O2S/c1-4-21(40)37-9-11-38(12-10-37)26-17-14-19(31)24-22-18(30)6-5-7-20(22)32-8-13-42-28-25(23(16(2)3)33-15-34-28)39(27(17)35-24)29(41)36-26/h4-7,14-16,32H,1,8-13H2,2-3H3. The zero-order valence-electron chi connectivity index (χ0n) is 23.1. The van der Waals surface area contributed by atoms with Crippen LogP contribution >= 0.6 is 11.8 Å². The first-order valence-electron chi connectivity index (χ1n) is 13.6. The number of fused-ring (bicyclic) bond motifs is 5. The molecule has 1 fully saturated rings. The average molecular weight is 591 g/mol. The van der Waals surface area contributed by atoms with Gasteiger partial charge in [-0.15, -0.1) is 11.8 Å². The molecule has 5 heterocycles. The Bertz CT molecular complexity index is 1790. The number of thioether (sulfide) groups is 1. The van der Waals surface area contributed by atoms with Gasteiger partial charge in [0.1, 0.15) is 34.4 Å². The molecular formula is C29H28F2N8O2S. The summed E-state index contributed by atoms with van der Waals surface area (Å²) in [6.45, 7) is 9.35. The molecule has 0 radical (unpaired) electrons. The SMILES string of the molecule is C=CC(=O)N1CCN(c2nc(=O)n3c4nc(c(F)cc24)-c2c(F)cccc2NCCSc2ncnc(C(C)C)c2-3)CC1. The number of anilines is 2. The number of carbonyl (C=O) groups excluding carboxylic acids is 1. The van der Waals surface area contributed by atoms with E-state index in [0.29, 0.717) is 60.6 Å². The van der Waals surface area contributed by atoms with Crippen LogP contribution in [0.3, 0.4) is 0 Å². The smallest absolute Gasteiger partial charge is 0.355 e. The monoisotopic (exact) mass is 590 g/mol. The van der Waals surface area contributed by atoms with Gasteiger partial charge < -0.3 is 15.1 Å². The van der Waals surface area contributed by atoms with Gasteiger partial charge in [0.2, 0.25) is 5.91 Å². The minimum absolute atomic E-state index is 0.0231. The minimum Gasteiger partial charge on any atom is -0.384 e. The maximum Gasteiger partial charge on any atom is 0.355 e. The Morgan fingerprint density at radius 3 is 2.64 bits per heavy atom. The second-order valence-corrected chi connectivity index (χ2v) is 11.3. The van der Waals surface area contributed by atoms with Gasteiger partial charge in [-0.2, -0.15) is 4.98 Å². The van der Waals surface area contributed by atoms with Gasteiger partial charge in [-0.05, 0) is 30.2 Å². The van der Waals surface area contributed by atoms with Gasteiger partial charge in [-0.1, -0.05) is 26.5 Å². The number of benzene rings is 1. The van der Waals surface area contributed by atoms with Crippen LogP contribution in [0.4, 0.5) is 20.3 Å². The highest BCUT2D eigenvalue weighted by molar-refractivity contribution is 7.99. The molecule has 0 unspecified atom stereocenters. The summed E-state index contributed by atoms with van der Waals surface area (Å²) >= 11 is 1.42. The predicted molar refractivity (Wildman–Crippen MR) is 158 cm³/mol. The summed E-state index contributed by atoms with van der Waals surface area (Å²) in [5.41, 5.74) is 0.629. The number of aromatic nitrogens is 5. The predicted octanol–water partition coefficient (Wildman–Crippen LogP) is 3.99. The summed E-state index contributed by atoms with van der Waals surface area (Å²) in [5, 5.41) is 4.03. The number of rotatable bonds is 3. The Kier molecular flexibility index (Phi) is 7.35. The zero-order valence-corrected chi connectivity index (χ0v) is 23.9. The summed E-state index contributed by atoms with van der Waals surface area (Å²) in [5.74, 6) is -0.920. The Morgan fingerprint density at radius 2 is 1.90 bits per heavy atom. The lowest BCUT2D eigenvalue weighted by Gasteiger charge is -2.35. The van der Waals surface area contributed by atoms with Gasteiger partial charge in [0.25, 0.3) is 0 Å². The fourth-order valence-electron chi connectivity index (χ4n) is 5.35. The maximum atomic E-state index is 16.0. The van der Waals surface area contributed by atoms with Crippen molar-refractivity contribution in [2.45, 2.75) is 24.8 Å². The van der Waals surface area contributed by atoms with E-state index in [1.165, 1.54) is 40.9 Å². The second kappa shape index (κ2) is 11.1. The lowest BCUT2D eigenvalue weighted by Crippen LogP contribution is -2.49. The van der Waals surface area contributed by atoms with Crippen LogP contribution in [0.2, 0.25) is 0 Å². The van der Waals surface area contributed by atoms with Gasteiger partial charge in [-0.3, -0.25) is 4.79 Å². The van der Waals surface area contributed by atoms with Crippen LogP contribution in [0.1, 0.15) is 25.5 Å². The fourth-order valence-corrected chi connectivity index (χ4v) is 6.20. The number of amides is 1. The molecule has 216 valence electrons. The molecule has 13 heteroatoms. The van der Waals surface area contributed by atoms with Crippen molar-refractivity contribution in [1.29, 1.82) is 0 Å². The molecule has 6 rings (SSSR count). The van der Waals surface area contributed by atoms with Crippen molar-refractivity contribution in [3.63, 3.8) is 0 Å². The first kappa shape index (κ1) is 27.8. The third-order valence-corrected chi connectivity index (χ3v) is 8.34. The highest BCUT2D eigenvalue weighted by atomic mass is 32.2. The number of hydrogen-bond donors (Lipinski definition) is 1. The van der Waals surface area contributed by atoms with Gasteiger partial charge in [0.15, 0.2) is 11.5 Å². The van der Waals surface area contributed by atoms with E-state index >= 15 is 8.78 Å². The summed E-state index contributed by atoms with van der Waals surface area (Å²) in [7, 11) is 0. The number of nitrogens with zero attached hydrogens (tertiary/aromatic N) is 7. The van der Waals surface area contributed by atoms with Crippen LogP contribution in [0.15, 0.2) is 53.1 Å². The van der Waals surface area contributed by atoms with Crippen LogP contribution in [0.5, 0.6) is 0 Å². The number of pyridine rings is 1. The number of piperazine rings is 1. The lowest BCUT2D eigenvalue weighted by molar-refractivity contribution is -0.126. The van der Waals surface area contributed by atoms with E-state index in [1.807, 2.05) is 18.7 Å². The quantitative estimate of drug-likeness (QED) is 0.280. The number of nitrogens with one attached hydrogen (secondary N) is 1. The maximum absolute atomic E-state index is 16.0. The van der Waals surface area contributed by atoms with Crippen molar-refractivity contribution in [2.24, 2.45) is 0 Å². The van der Waals surface area contributed by atoms with Crippen LogP contribution in [-0.2, 0) is 4.79 Å². The van der Waals surface area contributed by atoms with Gasteiger partial charge in [0, 0.05) is 44.2 Å². The average Bonchev–Trinajstić information content (AvgIpc) is 2.98. The molecule has 0 atom stereocenters. The molecule has 0 spiro atoms. The van der Waals surface area contributed by atoms with Gasteiger partial charge >= 0.3 is 5.69 Å². The Labute approximate surface area is 244 Å². The van der Waals surface area contributed by atoms with Crippen molar-refractivity contribution in [3.05, 3.63) is 71.1 Å². The van der Waals surface area contributed by atoms with Crippen molar-refractivity contribution >= 4 is 40.2 Å². The molecule has 0 saturated carbocycles.